The first-order valence-corrected chi connectivity index (χ1v) is 6.46. The van der Waals surface area contributed by atoms with Crippen molar-refractivity contribution in [3.63, 3.8) is 0 Å². The normalized spacial score (nSPS) is 11.8. The fourth-order valence-corrected chi connectivity index (χ4v) is 2.27. The van der Waals surface area contributed by atoms with E-state index in [2.05, 4.69) is 18.3 Å². The minimum absolute atomic E-state index is 0.0919. The van der Waals surface area contributed by atoms with E-state index < -0.39 is 0 Å². The van der Waals surface area contributed by atoms with Gasteiger partial charge >= 0.3 is 0 Å². The number of hydrogen-bond acceptors (Lipinski definition) is 4. The third kappa shape index (κ3) is 2.77. The summed E-state index contributed by atoms with van der Waals surface area (Å²) in [6.45, 7) is 5.96. The van der Waals surface area contributed by atoms with Crippen LogP contribution in [0, 0.1) is 25.2 Å². The van der Waals surface area contributed by atoms with Crippen LogP contribution in [0.25, 0.3) is 0 Å². The zero-order valence-corrected chi connectivity index (χ0v) is 12.2. The molecule has 1 unspecified atom stereocenters. The summed E-state index contributed by atoms with van der Waals surface area (Å²) in [5.41, 5.74) is 2.56. The Morgan fingerprint density at radius 3 is 2.60 bits per heavy atom. The molecule has 4 nitrogen and oxygen atoms in total. The van der Waals surface area contributed by atoms with Crippen molar-refractivity contribution in [2.45, 2.75) is 26.8 Å². The van der Waals surface area contributed by atoms with Gasteiger partial charge in [-0.05, 0) is 39.0 Å². The smallest absolute Gasteiger partial charge is 0.143 e. The van der Waals surface area contributed by atoms with Crippen molar-refractivity contribution in [2.24, 2.45) is 0 Å². The fourth-order valence-electron chi connectivity index (χ4n) is 2.27. The summed E-state index contributed by atoms with van der Waals surface area (Å²) in [7, 11) is 1.60. The van der Waals surface area contributed by atoms with Gasteiger partial charge in [-0.1, -0.05) is 0 Å². The number of hydrogen-bond donors (Lipinski definition) is 1. The quantitative estimate of drug-likeness (QED) is 0.913. The van der Waals surface area contributed by atoms with E-state index in [1.54, 1.807) is 19.2 Å². The van der Waals surface area contributed by atoms with E-state index in [0.29, 0.717) is 11.3 Å². The van der Waals surface area contributed by atoms with Gasteiger partial charge in [0, 0.05) is 11.6 Å². The Kier molecular flexibility index (Phi) is 3.99. The van der Waals surface area contributed by atoms with Crippen LogP contribution in [-0.2, 0) is 0 Å². The Hall–Kier alpha value is -2.41. The van der Waals surface area contributed by atoms with Crippen LogP contribution in [0.15, 0.2) is 28.7 Å². The van der Waals surface area contributed by atoms with Crippen molar-refractivity contribution in [3.8, 4) is 11.8 Å². The molecule has 0 fully saturated rings. The van der Waals surface area contributed by atoms with Crippen LogP contribution in [0.1, 0.15) is 35.6 Å². The SMILES string of the molecule is COc1cc(C#N)ccc1NC(C)c1cc(C)oc1C. The van der Waals surface area contributed by atoms with Crippen LogP contribution >= 0.6 is 0 Å². The van der Waals surface area contributed by atoms with Crippen LogP contribution in [0.3, 0.4) is 0 Å². The second-order valence-electron chi connectivity index (χ2n) is 4.76. The molecule has 0 aliphatic carbocycles. The van der Waals surface area contributed by atoms with Gasteiger partial charge in [0.05, 0.1) is 30.5 Å². The van der Waals surface area contributed by atoms with Gasteiger partial charge < -0.3 is 14.5 Å². The molecule has 0 spiro atoms. The van der Waals surface area contributed by atoms with E-state index in [0.717, 1.165) is 22.8 Å². The highest BCUT2D eigenvalue weighted by molar-refractivity contribution is 5.60. The van der Waals surface area contributed by atoms with Crippen LogP contribution in [0.5, 0.6) is 5.75 Å². The minimum Gasteiger partial charge on any atom is -0.495 e. The van der Waals surface area contributed by atoms with Crippen LogP contribution in [0.4, 0.5) is 5.69 Å². The van der Waals surface area contributed by atoms with Gasteiger partial charge in [-0.3, -0.25) is 0 Å². The summed E-state index contributed by atoms with van der Waals surface area (Å²) < 4.78 is 10.9. The lowest BCUT2D eigenvalue weighted by Crippen LogP contribution is -2.08. The summed E-state index contributed by atoms with van der Waals surface area (Å²) in [5, 5.41) is 12.3. The predicted molar refractivity (Wildman–Crippen MR) is 77.9 cm³/mol. The highest BCUT2D eigenvalue weighted by Gasteiger charge is 2.14. The average molecular weight is 270 g/mol. The zero-order valence-electron chi connectivity index (χ0n) is 12.2. The summed E-state index contributed by atoms with van der Waals surface area (Å²) in [5.74, 6) is 2.47. The number of methoxy groups -OCH3 is 1. The molecule has 0 bridgehead atoms. The molecule has 0 amide bonds. The Bertz CT molecular complexity index is 653. The maximum absolute atomic E-state index is 8.91. The predicted octanol–water partition coefficient (Wildman–Crippen LogP) is 3.95. The fraction of sp³-hybridized carbons (Fsp3) is 0.312. The second-order valence-corrected chi connectivity index (χ2v) is 4.76. The standard InChI is InChI=1S/C16H18N2O2/c1-10-7-14(12(3)20-10)11(2)18-15-6-5-13(9-17)8-16(15)19-4/h5-8,11,18H,1-4H3. The summed E-state index contributed by atoms with van der Waals surface area (Å²) in [4.78, 5) is 0. The maximum Gasteiger partial charge on any atom is 0.143 e. The van der Waals surface area contributed by atoms with E-state index in [1.165, 1.54) is 0 Å². The van der Waals surface area contributed by atoms with Gasteiger partial charge in [0.1, 0.15) is 17.3 Å². The third-order valence-corrected chi connectivity index (χ3v) is 3.25. The monoisotopic (exact) mass is 270 g/mol. The number of nitrogens with zero attached hydrogens (tertiary/aromatic N) is 1. The van der Waals surface area contributed by atoms with Gasteiger partial charge in [-0.15, -0.1) is 0 Å². The molecule has 0 aliphatic rings. The average Bonchev–Trinajstić information content (AvgIpc) is 2.78. The molecular formula is C16H18N2O2. The molecule has 1 aromatic carbocycles. The number of rotatable bonds is 4. The molecule has 0 saturated carbocycles. The molecule has 1 heterocycles. The minimum atomic E-state index is 0.0919. The topological polar surface area (TPSA) is 58.2 Å². The molecule has 20 heavy (non-hydrogen) atoms. The summed E-state index contributed by atoms with van der Waals surface area (Å²) in [6, 6.07) is 9.58. The number of furan rings is 1. The third-order valence-electron chi connectivity index (χ3n) is 3.25. The van der Waals surface area contributed by atoms with Crippen molar-refractivity contribution in [1.29, 1.82) is 5.26 Å². The van der Waals surface area contributed by atoms with Gasteiger partial charge in [0.25, 0.3) is 0 Å². The number of nitrogens with one attached hydrogen (secondary N) is 1. The van der Waals surface area contributed by atoms with Crippen molar-refractivity contribution in [3.05, 3.63) is 46.9 Å². The lowest BCUT2D eigenvalue weighted by Gasteiger charge is -2.17. The van der Waals surface area contributed by atoms with Gasteiger partial charge in [0.2, 0.25) is 0 Å². The molecular weight excluding hydrogens is 252 g/mol. The molecule has 4 heteroatoms. The van der Waals surface area contributed by atoms with Gasteiger partial charge in [-0.2, -0.15) is 5.26 Å². The van der Waals surface area contributed by atoms with Crippen molar-refractivity contribution >= 4 is 5.69 Å². The Labute approximate surface area is 119 Å². The molecule has 1 aromatic heterocycles. The Balaban J connectivity index is 2.26. The largest absolute Gasteiger partial charge is 0.495 e. The molecule has 2 rings (SSSR count). The van der Waals surface area contributed by atoms with E-state index >= 15 is 0 Å². The van der Waals surface area contributed by atoms with E-state index in [1.807, 2.05) is 26.0 Å². The van der Waals surface area contributed by atoms with Gasteiger partial charge in [0.15, 0.2) is 0 Å². The first-order valence-electron chi connectivity index (χ1n) is 6.46. The van der Waals surface area contributed by atoms with Crippen LogP contribution in [0.2, 0.25) is 0 Å². The number of anilines is 1. The van der Waals surface area contributed by atoms with Crippen molar-refractivity contribution < 1.29 is 9.15 Å². The van der Waals surface area contributed by atoms with Crippen molar-refractivity contribution in [2.75, 3.05) is 12.4 Å². The van der Waals surface area contributed by atoms with Crippen molar-refractivity contribution in [1.82, 2.24) is 0 Å². The lowest BCUT2D eigenvalue weighted by molar-refractivity contribution is 0.416. The number of benzene rings is 1. The molecule has 0 aliphatic heterocycles. The number of ether oxygens (including phenoxy) is 1. The Morgan fingerprint density at radius 2 is 2.05 bits per heavy atom. The molecule has 1 N–H and O–H groups in total. The van der Waals surface area contributed by atoms with Crippen LogP contribution < -0.4 is 10.1 Å². The van der Waals surface area contributed by atoms with Crippen LogP contribution in [-0.4, -0.2) is 7.11 Å². The molecule has 104 valence electrons. The van der Waals surface area contributed by atoms with Gasteiger partial charge in [-0.25, -0.2) is 0 Å². The maximum atomic E-state index is 8.91. The number of aryl methyl sites for hydroxylation is 2. The Morgan fingerprint density at radius 1 is 1.30 bits per heavy atom. The second kappa shape index (κ2) is 5.70. The van der Waals surface area contributed by atoms with E-state index in [4.69, 9.17) is 14.4 Å². The molecule has 1 atom stereocenters. The molecule has 0 saturated heterocycles. The number of nitriles is 1. The summed E-state index contributed by atoms with van der Waals surface area (Å²) in [6.07, 6.45) is 0. The highest BCUT2D eigenvalue weighted by atomic mass is 16.5. The molecule has 0 radical (unpaired) electrons. The van der Waals surface area contributed by atoms with E-state index in [9.17, 15) is 0 Å². The first-order chi connectivity index (χ1) is 9.55. The lowest BCUT2D eigenvalue weighted by atomic mass is 10.1. The summed E-state index contributed by atoms with van der Waals surface area (Å²) >= 11 is 0. The van der Waals surface area contributed by atoms with E-state index in [-0.39, 0.29) is 6.04 Å². The molecule has 2 aromatic rings. The highest BCUT2D eigenvalue weighted by Crippen LogP contribution is 2.30. The zero-order chi connectivity index (χ0) is 14.7. The first kappa shape index (κ1) is 14.0.